The Labute approximate surface area is 114 Å². The van der Waals surface area contributed by atoms with Gasteiger partial charge in [-0.15, -0.1) is 0 Å². The van der Waals surface area contributed by atoms with Gasteiger partial charge in [0.1, 0.15) is 0 Å². The third kappa shape index (κ3) is 3.08. The van der Waals surface area contributed by atoms with Crippen molar-refractivity contribution >= 4 is 0 Å². The lowest BCUT2D eigenvalue weighted by molar-refractivity contribution is 0.0344. The topological polar surface area (TPSA) is 29.3 Å². The summed E-state index contributed by atoms with van der Waals surface area (Å²) in [4.78, 5) is 2.62. The molecule has 108 valence electrons. The van der Waals surface area contributed by atoms with Crippen molar-refractivity contribution in [1.82, 2.24) is 4.90 Å². The summed E-state index contributed by atoms with van der Waals surface area (Å²) < 4.78 is 0. The maximum atomic E-state index is 6.76. The summed E-state index contributed by atoms with van der Waals surface area (Å²) in [7, 11) is 0. The average molecular weight is 254 g/mol. The first-order chi connectivity index (χ1) is 8.66. The molecule has 0 heterocycles. The SMILES string of the molecule is CCN(CC)C(CC)(CC)C(N)C1CCCCC1. The third-order valence-electron chi connectivity index (χ3n) is 5.40. The zero-order chi connectivity index (χ0) is 13.6. The Morgan fingerprint density at radius 1 is 1.00 bits per heavy atom. The average Bonchev–Trinajstić information content (AvgIpc) is 2.45. The molecule has 1 unspecified atom stereocenters. The van der Waals surface area contributed by atoms with E-state index in [0.717, 1.165) is 19.0 Å². The molecule has 0 aromatic carbocycles. The number of hydrogen-bond donors (Lipinski definition) is 1. The Morgan fingerprint density at radius 2 is 1.50 bits per heavy atom. The van der Waals surface area contributed by atoms with E-state index < -0.39 is 0 Å². The van der Waals surface area contributed by atoms with Crippen molar-refractivity contribution in [2.45, 2.75) is 84.2 Å². The molecule has 0 radical (unpaired) electrons. The highest BCUT2D eigenvalue weighted by Crippen LogP contribution is 2.36. The molecule has 2 N–H and O–H groups in total. The van der Waals surface area contributed by atoms with Crippen LogP contribution in [0.25, 0.3) is 0 Å². The van der Waals surface area contributed by atoms with Crippen LogP contribution < -0.4 is 5.73 Å². The number of nitrogens with zero attached hydrogens (tertiary/aromatic N) is 1. The van der Waals surface area contributed by atoms with Gasteiger partial charge in [0, 0.05) is 11.6 Å². The lowest BCUT2D eigenvalue weighted by atomic mass is 9.72. The number of nitrogens with two attached hydrogens (primary N) is 1. The van der Waals surface area contributed by atoms with E-state index in [-0.39, 0.29) is 5.54 Å². The van der Waals surface area contributed by atoms with Crippen LogP contribution in [0, 0.1) is 5.92 Å². The van der Waals surface area contributed by atoms with Crippen molar-refractivity contribution in [2.75, 3.05) is 13.1 Å². The maximum absolute atomic E-state index is 6.76. The molecule has 0 amide bonds. The number of likely N-dealkylation sites (N-methyl/N-ethyl adjacent to an activating group) is 1. The van der Waals surface area contributed by atoms with Gasteiger partial charge >= 0.3 is 0 Å². The molecule has 0 aromatic rings. The quantitative estimate of drug-likeness (QED) is 0.749. The van der Waals surface area contributed by atoms with Crippen LogP contribution in [-0.4, -0.2) is 29.6 Å². The molecule has 0 bridgehead atoms. The molecule has 0 saturated heterocycles. The fourth-order valence-corrected chi connectivity index (χ4v) is 4.16. The molecule has 18 heavy (non-hydrogen) atoms. The monoisotopic (exact) mass is 254 g/mol. The van der Waals surface area contributed by atoms with E-state index in [1.165, 1.54) is 44.9 Å². The number of rotatable bonds is 7. The first kappa shape index (κ1) is 16.0. The van der Waals surface area contributed by atoms with Gasteiger partial charge in [0.15, 0.2) is 0 Å². The van der Waals surface area contributed by atoms with Crippen LogP contribution in [0.1, 0.15) is 72.6 Å². The summed E-state index contributed by atoms with van der Waals surface area (Å²) in [5.41, 5.74) is 6.99. The smallest absolute Gasteiger partial charge is 0.0357 e. The van der Waals surface area contributed by atoms with Crippen molar-refractivity contribution in [3.8, 4) is 0 Å². The van der Waals surface area contributed by atoms with E-state index >= 15 is 0 Å². The lowest BCUT2D eigenvalue weighted by Gasteiger charge is -2.49. The second-order valence-corrected chi connectivity index (χ2v) is 5.91. The molecule has 1 aliphatic rings. The van der Waals surface area contributed by atoms with E-state index in [2.05, 4.69) is 32.6 Å². The molecular weight excluding hydrogens is 220 g/mol. The molecule has 2 heteroatoms. The molecule has 1 fully saturated rings. The van der Waals surface area contributed by atoms with E-state index in [0.29, 0.717) is 6.04 Å². The van der Waals surface area contributed by atoms with E-state index in [9.17, 15) is 0 Å². The van der Waals surface area contributed by atoms with Gasteiger partial charge in [0.25, 0.3) is 0 Å². The normalized spacial score (nSPS) is 20.3. The minimum absolute atomic E-state index is 0.228. The van der Waals surface area contributed by atoms with E-state index in [1.807, 2.05) is 0 Å². The van der Waals surface area contributed by atoms with E-state index in [1.54, 1.807) is 0 Å². The van der Waals surface area contributed by atoms with Gasteiger partial charge in [0.05, 0.1) is 0 Å². The first-order valence-corrected chi connectivity index (χ1v) is 8.16. The molecule has 1 atom stereocenters. The summed E-state index contributed by atoms with van der Waals surface area (Å²) in [6.07, 6.45) is 9.26. The van der Waals surface area contributed by atoms with Gasteiger partial charge in [-0.3, -0.25) is 4.90 Å². The van der Waals surface area contributed by atoms with Crippen LogP contribution in [-0.2, 0) is 0 Å². The summed E-state index contributed by atoms with van der Waals surface area (Å²) >= 11 is 0. The molecule has 0 aromatic heterocycles. The summed E-state index contributed by atoms with van der Waals surface area (Å²) in [5, 5.41) is 0. The highest BCUT2D eigenvalue weighted by molar-refractivity contribution is 5.00. The molecule has 1 rings (SSSR count). The standard InChI is InChI=1S/C16H34N2/c1-5-16(6-2,18(7-3)8-4)15(17)14-12-10-9-11-13-14/h14-15H,5-13,17H2,1-4H3. The minimum Gasteiger partial charge on any atom is -0.326 e. The zero-order valence-electron chi connectivity index (χ0n) is 13.0. The van der Waals surface area contributed by atoms with Crippen LogP contribution in [0.4, 0.5) is 0 Å². The van der Waals surface area contributed by atoms with Gasteiger partial charge < -0.3 is 5.73 Å². The van der Waals surface area contributed by atoms with Crippen molar-refractivity contribution in [1.29, 1.82) is 0 Å². The van der Waals surface area contributed by atoms with Crippen molar-refractivity contribution in [3.63, 3.8) is 0 Å². The molecule has 0 spiro atoms. The second kappa shape index (κ2) is 7.49. The Bertz CT molecular complexity index is 213. The highest BCUT2D eigenvalue weighted by Gasteiger charge is 2.41. The van der Waals surface area contributed by atoms with Crippen molar-refractivity contribution in [3.05, 3.63) is 0 Å². The summed E-state index contributed by atoms with van der Waals surface area (Å²) in [5.74, 6) is 0.749. The van der Waals surface area contributed by atoms with Crippen LogP contribution in [0.5, 0.6) is 0 Å². The molecule has 1 aliphatic carbocycles. The Hall–Kier alpha value is -0.0800. The molecular formula is C16H34N2. The van der Waals surface area contributed by atoms with Gasteiger partial charge in [-0.1, -0.05) is 47.0 Å². The second-order valence-electron chi connectivity index (χ2n) is 5.91. The molecule has 0 aliphatic heterocycles. The molecule has 1 saturated carbocycles. The predicted molar refractivity (Wildman–Crippen MR) is 80.8 cm³/mol. The summed E-state index contributed by atoms with van der Waals surface area (Å²) in [6.45, 7) is 11.4. The predicted octanol–water partition coefficient (Wildman–Crippen LogP) is 3.79. The van der Waals surface area contributed by atoms with Crippen LogP contribution >= 0.6 is 0 Å². The Morgan fingerprint density at radius 3 is 1.89 bits per heavy atom. The molecule has 2 nitrogen and oxygen atoms in total. The first-order valence-electron chi connectivity index (χ1n) is 8.16. The van der Waals surface area contributed by atoms with Crippen molar-refractivity contribution in [2.24, 2.45) is 11.7 Å². The van der Waals surface area contributed by atoms with Crippen LogP contribution in [0.3, 0.4) is 0 Å². The maximum Gasteiger partial charge on any atom is 0.0357 e. The summed E-state index contributed by atoms with van der Waals surface area (Å²) in [6, 6.07) is 0.354. The van der Waals surface area contributed by atoms with Gasteiger partial charge in [-0.05, 0) is 44.7 Å². The largest absolute Gasteiger partial charge is 0.326 e. The van der Waals surface area contributed by atoms with Gasteiger partial charge in [-0.25, -0.2) is 0 Å². The van der Waals surface area contributed by atoms with Crippen LogP contribution in [0.15, 0.2) is 0 Å². The van der Waals surface area contributed by atoms with E-state index in [4.69, 9.17) is 5.73 Å². The fraction of sp³-hybridized carbons (Fsp3) is 1.00. The third-order valence-corrected chi connectivity index (χ3v) is 5.40. The highest BCUT2D eigenvalue weighted by atomic mass is 15.2. The van der Waals surface area contributed by atoms with Gasteiger partial charge in [-0.2, -0.15) is 0 Å². The Balaban J connectivity index is 2.86. The van der Waals surface area contributed by atoms with Gasteiger partial charge in [0.2, 0.25) is 0 Å². The zero-order valence-corrected chi connectivity index (χ0v) is 13.0. The Kier molecular flexibility index (Phi) is 6.65. The lowest BCUT2D eigenvalue weighted by Crippen LogP contribution is -2.62. The number of hydrogen-bond acceptors (Lipinski definition) is 2. The van der Waals surface area contributed by atoms with Crippen LogP contribution in [0.2, 0.25) is 0 Å². The fourth-order valence-electron chi connectivity index (χ4n) is 4.16. The van der Waals surface area contributed by atoms with Crippen molar-refractivity contribution < 1.29 is 0 Å². The minimum atomic E-state index is 0.228.